The zero-order valence-corrected chi connectivity index (χ0v) is 17.7. The van der Waals surface area contributed by atoms with Crippen LogP contribution in [0, 0.1) is 26.7 Å². The van der Waals surface area contributed by atoms with Gasteiger partial charge in [-0.25, -0.2) is 0 Å². The summed E-state index contributed by atoms with van der Waals surface area (Å²) in [5.74, 6) is -1.22. The molecule has 0 aliphatic carbocycles. The second kappa shape index (κ2) is 8.98. The van der Waals surface area contributed by atoms with E-state index >= 15 is 0 Å². The van der Waals surface area contributed by atoms with Crippen molar-refractivity contribution in [1.29, 1.82) is 0 Å². The molecule has 1 fully saturated rings. The molecule has 0 saturated carbocycles. The molecule has 30 heavy (non-hydrogen) atoms. The molecule has 1 N–H and O–H groups in total. The summed E-state index contributed by atoms with van der Waals surface area (Å²) >= 11 is 0. The molecule has 0 aromatic heterocycles. The van der Waals surface area contributed by atoms with Gasteiger partial charge >= 0.3 is 5.97 Å². The van der Waals surface area contributed by atoms with Crippen LogP contribution in [0.3, 0.4) is 0 Å². The normalized spacial score (nSPS) is 15.8. The molecule has 0 radical (unpaired) electrons. The fraction of sp³-hybridized carbons (Fsp3) is 0.348. The van der Waals surface area contributed by atoms with E-state index in [0.29, 0.717) is 17.1 Å². The Bertz CT molecular complexity index is 986. The molecular weight excluding hydrogens is 384 g/mol. The van der Waals surface area contributed by atoms with Crippen molar-refractivity contribution >= 4 is 29.2 Å². The minimum absolute atomic E-state index is 0.0362. The van der Waals surface area contributed by atoms with Crippen LogP contribution in [-0.2, 0) is 19.1 Å². The molecule has 158 valence electrons. The molecule has 3 rings (SSSR count). The predicted molar refractivity (Wildman–Crippen MR) is 114 cm³/mol. The SMILES string of the molecule is COc1ccc(C)cc1N1C[C@H](C(=O)OCC(=O)Nc2cccc(C)c2C)CC1=O. The summed E-state index contributed by atoms with van der Waals surface area (Å²) in [4.78, 5) is 38.7. The first kappa shape index (κ1) is 21.4. The van der Waals surface area contributed by atoms with E-state index in [1.54, 1.807) is 12.1 Å². The van der Waals surface area contributed by atoms with Gasteiger partial charge in [0.25, 0.3) is 5.91 Å². The summed E-state index contributed by atoms with van der Waals surface area (Å²) in [6, 6.07) is 11.1. The topological polar surface area (TPSA) is 84.9 Å². The van der Waals surface area contributed by atoms with Crippen molar-refractivity contribution < 1.29 is 23.9 Å². The number of nitrogens with zero attached hydrogens (tertiary/aromatic N) is 1. The van der Waals surface area contributed by atoms with Gasteiger partial charge in [0.2, 0.25) is 5.91 Å². The number of hydrogen-bond acceptors (Lipinski definition) is 5. The standard InChI is InChI=1S/C23H26N2O5/c1-14-8-9-20(29-4)19(10-14)25-12-17(11-22(25)27)23(28)30-13-21(26)24-18-7-5-6-15(2)16(18)3/h5-10,17H,11-13H2,1-4H3,(H,24,26)/t17-/m1/s1. The lowest BCUT2D eigenvalue weighted by Crippen LogP contribution is -2.28. The molecule has 0 unspecified atom stereocenters. The third kappa shape index (κ3) is 4.62. The van der Waals surface area contributed by atoms with Gasteiger partial charge in [-0.1, -0.05) is 18.2 Å². The highest BCUT2D eigenvalue weighted by molar-refractivity contribution is 6.01. The van der Waals surface area contributed by atoms with Crippen LogP contribution >= 0.6 is 0 Å². The van der Waals surface area contributed by atoms with E-state index in [0.717, 1.165) is 16.7 Å². The number of amides is 2. The van der Waals surface area contributed by atoms with Gasteiger partial charge in [0.15, 0.2) is 6.61 Å². The first-order valence-corrected chi connectivity index (χ1v) is 9.78. The van der Waals surface area contributed by atoms with Gasteiger partial charge in [-0.3, -0.25) is 14.4 Å². The van der Waals surface area contributed by atoms with E-state index in [-0.39, 0.29) is 18.9 Å². The first-order chi connectivity index (χ1) is 14.3. The Labute approximate surface area is 176 Å². The molecule has 7 nitrogen and oxygen atoms in total. The number of aryl methyl sites for hydroxylation is 2. The molecule has 1 saturated heterocycles. The van der Waals surface area contributed by atoms with Crippen LogP contribution in [0.1, 0.15) is 23.1 Å². The van der Waals surface area contributed by atoms with Crippen molar-refractivity contribution in [2.24, 2.45) is 5.92 Å². The van der Waals surface area contributed by atoms with Gasteiger partial charge in [0, 0.05) is 18.7 Å². The Kier molecular flexibility index (Phi) is 6.40. The smallest absolute Gasteiger partial charge is 0.311 e. The summed E-state index contributed by atoms with van der Waals surface area (Å²) in [5, 5.41) is 2.75. The van der Waals surface area contributed by atoms with E-state index in [1.165, 1.54) is 12.0 Å². The lowest BCUT2D eigenvalue weighted by molar-refractivity contribution is -0.151. The predicted octanol–water partition coefficient (Wildman–Crippen LogP) is 3.16. The van der Waals surface area contributed by atoms with Crippen molar-refractivity contribution in [3.63, 3.8) is 0 Å². The monoisotopic (exact) mass is 410 g/mol. The quantitative estimate of drug-likeness (QED) is 0.740. The molecule has 1 aliphatic rings. The minimum atomic E-state index is -0.628. The number of hydrogen-bond donors (Lipinski definition) is 1. The van der Waals surface area contributed by atoms with E-state index in [2.05, 4.69) is 5.32 Å². The highest BCUT2D eigenvalue weighted by Gasteiger charge is 2.37. The summed E-state index contributed by atoms with van der Waals surface area (Å²) in [6.45, 7) is 5.58. The number of nitrogens with one attached hydrogen (secondary N) is 1. The summed E-state index contributed by atoms with van der Waals surface area (Å²) in [7, 11) is 1.54. The Morgan fingerprint density at radius 2 is 1.93 bits per heavy atom. The van der Waals surface area contributed by atoms with Gasteiger partial charge < -0.3 is 19.7 Å². The average Bonchev–Trinajstić information content (AvgIpc) is 3.11. The second-order valence-corrected chi connectivity index (χ2v) is 7.48. The molecule has 1 heterocycles. The second-order valence-electron chi connectivity index (χ2n) is 7.48. The van der Waals surface area contributed by atoms with Crippen LogP contribution in [0.15, 0.2) is 36.4 Å². The third-order valence-corrected chi connectivity index (χ3v) is 5.31. The molecule has 7 heteroatoms. The zero-order valence-electron chi connectivity index (χ0n) is 17.7. The molecule has 2 aromatic carbocycles. The lowest BCUT2D eigenvalue weighted by atomic mass is 10.1. The van der Waals surface area contributed by atoms with Gasteiger partial charge in [-0.2, -0.15) is 0 Å². The zero-order chi connectivity index (χ0) is 21.8. The van der Waals surface area contributed by atoms with Crippen molar-refractivity contribution in [2.75, 3.05) is 30.5 Å². The molecule has 2 aromatic rings. The van der Waals surface area contributed by atoms with Crippen molar-refractivity contribution in [1.82, 2.24) is 0 Å². The number of rotatable bonds is 6. The number of esters is 1. The molecule has 1 atom stereocenters. The van der Waals surface area contributed by atoms with Crippen molar-refractivity contribution in [3.8, 4) is 5.75 Å². The molecule has 0 spiro atoms. The molecular formula is C23H26N2O5. The van der Waals surface area contributed by atoms with Gasteiger partial charge in [-0.15, -0.1) is 0 Å². The van der Waals surface area contributed by atoms with Crippen molar-refractivity contribution in [2.45, 2.75) is 27.2 Å². The van der Waals surface area contributed by atoms with Crippen LogP contribution in [0.25, 0.3) is 0 Å². The highest BCUT2D eigenvalue weighted by atomic mass is 16.5. The number of carbonyl (C=O) groups excluding carboxylic acids is 3. The largest absolute Gasteiger partial charge is 0.495 e. The van der Waals surface area contributed by atoms with Gasteiger partial charge in [0.1, 0.15) is 5.75 Å². The van der Waals surface area contributed by atoms with E-state index < -0.39 is 24.4 Å². The Morgan fingerprint density at radius 1 is 1.17 bits per heavy atom. The summed E-state index contributed by atoms with van der Waals surface area (Å²) in [5.41, 5.74) is 4.31. The first-order valence-electron chi connectivity index (χ1n) is 9.78. The van der Waals surface area contributed by atoms with Crippen LogP contribution < -0.4 is 15.0 Å². The lowest BCUT2D eigenvalue weighted by Gasteiger charge is -2.20. The number of methoxy groups -OCH3 is 1. The number of carbonyl (C=O) groups is 3. The fourth-order valence-electron chi connectivity index (χ4n) is 3.44. The Morgan fingerprint density at radius 3 is 2.67 bits per heavy atom. The van der Waals surface area contributed by atoms with E-state index in [4.69, 9.17) is 9.47 Å². The fourth-order valence-corrected chi connectivity index (χ4v) is 3.44. The Hall–Kier alpha value is -3.35. The third-order valence-electron chi connectivity index (χ3n) is 5.31. The number of ether oxygens (including phenoxy) is 2. The van der Waals surface area contributed by atoms with Crippen LogP contribution in [0.2, 0.25) is 0 Å². The molecule has 1 aliphatic heterocycles. The van der Waals surface area contributed by atoms with Crippen molar-refractivity contribution in [3.05, 3.63) is 53.1 Å². The summed E-state index contributed by atoms with van der Waals surface area (Å²) in [6.07, 6.45) is 0.0362. The number of anilines is 2. The maximum absolute atomic E-state index is 12.5. The van der Waals surface area contributed by atoms with Gasteiger partial charge in [0.05, 0.1) is 18.7 Å². The minimum Gasteiger partial charge on any atom is -0.495 e. The van der Waals surface area contributed by atoms with Crippen LogP contribution in [-0.4, -0.2) is 38.0 Å². The maximum Gasteiger partial charge on any atom is 0.311 e. The molecule has 2 amide bonds. The highest BCUT2D eigenvalue weighted by Crippen LogP contribution is 2.34. The van der Waals surface area contributed by atoms with Gasteiger partial charge in [-0.05, 0) is 55.7 Å². The maximum atomic E-state index is 12.5. The average molecular weight is 410 g/mol. The van der Waals surface area contributed by atoms with Crippen LogP contribution in [0.5, 0.6) is 5.75 Å². The van der Waals surface area contributed by atoms with E-state index in [9.17, 15) is 14.4 Å². The van der Waals surface area contributed by atoms with E-state index in [1.807, 2.05) is 45.0 Å². The number of benzene rings is 2. The summed E-state index contributed by atoms with van der Waals surface area (Å²) < 4.78 is 10.5. The Balaban J connectivity index is 1.59. The van der Waals surface area contributed by atoms with Crippen LogP contribution in [0.4, 0.5) is 11.4 Å². The molecule has 0 bridgehead atoms.